The van der Waals surface area contributed by atoms with Crippen molar-refractivity contribution in [3.63, 3.8) is 0 Å². The van der Waals surface area contributed by atoms with Gasteiger partial charge in [-0.1, -0.05) is 72.8 Å². The minimum Gasteiger partial charge on any atom is -0.491 e. The van der Waals surface area contributed by atoms with Gasteiger partial charge < -0.3 is 29.9 Å². The fourth-order valence-electron chi connectivity index (χ4n) is 5.14. The Balaban J connectivity index is 0.000000392. The number of fused-ring (bicyclic) bond motifs is 3. The summed E-state index contributed by atoms with van der Waals surface area (Å²) in [6.45, 7) is 0.505. The van der Waals surface area contributed by atoms with E-state index in [0.717, 1.165) is 22.6 Å². The first-order valence-electron chi connectivity index (χ1n) is 14.4. The zero-order valence-electron chi connectivity index (χ0n) is 24.7. The molecular weight excluding hydrogens is 613 g/mol. The van der Waals surface area contributed by atoms with E-state index in [-0.39, 0.29) is 39.3 Å². The number of carboxylic acids is 2. The molecule has 10 heteroatoms. The summed E-state index contributed by atoms with van der Waals surface area (Å²) in [6, 6.07) is 33.5. The summed E-state index contributed by atoms with van der Waals surface area (Å²) in [5, 5.41) is 33.9. The number of hydrogen-bond acceptors (Lipinski definition) is 8. The third kappa shape index (κ3) is 9.04. The van der Waals surface area contributed by atoms with Gasteiger partial charge in [-0.15, -0.1) is 0 Å². The normalized spacial score (nSPS) is 11.9. The second-order valence-electron chi connectivity index (χ2n) is 9.77. The summed E-state index contributed by atoms with van der Waals surface area (Å²) in [5.74, 6) is 0.741. The lowest BCUT2D eigenvalue weighted by Gasteiger charge is -2.34. The van der Waals surface area contributed by atoms with Gasteiger partial charge in [0.15, 0.2) is 0 Å². The van der Waals surface area contributed by atoms with Crippen LogP contribution in [0.1, 0.15) is 35.1 Å². The highest BCUT2D eigenvalue weighted by molar-refractivity contribution is 7.80. The number of carbonyl (C=O) groups is 2. The maximum Gasteiger partial charge on any atom is 0.304 e. The summed E-state index contributed by atoms with van der Waals surface area (Å²) in [7, 11) is 0. The standard InChI is InChI=1S/C29H26O4.2C3H6O2S/c30-17-19-32-23-13-9-21(10-14-23)29(22-11-15-24(16-12-22)33-20-18-31)27-7-3-1-5-25(27)26-6-2-4-8-28(26)29;2*4-3(5)1-2-6/h1-16,30-31H,17-20H2;2*6H,1-2H2,(H,4,5). The molecule has 4 aromatic carbocycles. The van der Waals surface area contributed by atoms with Crippen molar-refractivity contribution in [1.29, 1.82) is 0 Å². The molecule has 238 valence electrons. The van der Waals surface area contributed by atoms with Crippen molar-refractivity contribution in [2.45, 2.75) is 18.3 Å². The zero-order chi connectivity index (χ0) is 32.7. The average Bonchev–Trinajstić information content (AvgIpc) is 3.35. The van der Waals surface area contributed by atoms with Crippen LogP contribution in [0, 0.1) is 0 Å². The van der Waals surface area contributed by atoms with E-state index in [0.29, 0.717) is 11.5 Å². The van der Waals surface area contributed by atoms with E-state index in [9.17, 15) is 9.59 Å². The molecule has 0 saturated heterocycles. The van der Waals surface area contributed by atoms with Crippen LogP contribution in [0.15, 0.2) is 97.1 Å². The van der Waals surface area contributed by atoms with E-state index in [2.05, 4.69) is 98.1 Å². The Kier molecular flexibility index (Phi) is 14.3. The number of aliphatic carboxylic acids is 2. The summed E-state index contributed by atoms with van der Waals surface area (Å²) < 4.78 is 11.2. The van der Waals surface area contributed by atoms with Crippen molar-refractivity contribution in [2.24, 2.45) is 0 Å². The Labute approximate surface area is 274 Å². The molecule has 0 amide bonds. The van der Waals surface area contributed by atoms with Gasteiger partial charge in [-0.05, 0) is 57.6 Å². The maximum absolute atomic E-state index is 9.55. The van der Waals surface area contributed by atoms with E-state index >= 15 is 0 Å². The highest BCUT2D eigenvalue weighted by Gasteiger charge is 2.45. The highest BCUT2D eigenvalue weighted by atomic mass is 32.1. The fraction of sp³-hybridized carbons (Fsp3) is 0.257. The molecule has 0 spiro atoms. The molecule has 5 rings (SSSR count). The molecule has 0 fully saturated rings. The van der Waals surface area contributed by atoms with Crippen LogP contribution in [-0.4, -0.2) is 70.3 Å². The molecule has 4 aromatic rings. The summed E-state index contributed by atoms with van der Waals surface area (Å²) in [6.07, 6.45) is 0.312. The number of rotatable bonds is 12. The highest BCUT2D eigenvalue weighted by Crippen LogP contribution is 2.56. The Bertz CT molecular complexity index is 1390. The second kappa shape index (κ2) is 18.1. The lowest BCUT2D eigenvalue weighted by Crippen LogP contribution is -2.28. The lowest BCUT2D eigenvalue weighted by atomic mass is 9.68. The molecule has 1 aliphatic rings. The van der Waals surface area contributed by atoms with Crippen LogP contribution in [0.5, 0.6) is 11.5 Å². The monoisotopic (exact) mass is 650 g/mol. The maximum atomic E-state index is 9.55. The molecule has 1 aliphatic carbocycles. The number of aliphatic hydroxyl groups is 2. The number of aliphatic hydroxyl groups excluding tert-OH is 2. The number of hydrogen-bond donors (Lipinski definition) is 6. The van der Waals surface area contributed by atoms with Gasteiger partial charge in [0.05, 0.1) is 31.5 Å². The second-order valence-corrected chi connectivity index (χ2v) is 10.7. The van der Waals surface area contributed by atoms with Gasteiger partial charge in [0.25, 0.3) is 0 Å². The van der Waals surface area contributed by atoms with Gasteiger partial charge in [-0.25, -0.2) is 0 Å². The zero-order valence-corrected chi connectivity index (χ0v) is 26.5. The van der Waals surface area contributed by atoms with Crippen molar-refractivity contribution in [3.05, 3.63) is 119 Å². The third-order valence-electron chi connectivity index (χ3n) is 6.90. The van der Waals surface area contributed by atoms with Crippen LogP contribution in [0.3, 0.4) is 0 Å². The largest absolute Gasteiger partial charge is 0.491 e. The van der Waals surface area contributed by atoms with Gasteiger partial charge in [-0.3, -0.25) is 9.59 Å². The van der Waals surface area contributed by atoms with Crippen molar-refractivity contribution in [2.75, 3.05) is 37.9 Å². The van der Waals surface area contributed by atoms with Crippen LogP contribution >= 0.6 is 25.3 Å². The fourth-order valence-corrected chi connectivity index (χ4v) is 5.53. The number of carboxylic acid groups (broad SMARTS) is 2. The quantitative estimate of drug-likeness (QED) is 0.0966. The molecule has 0 saturated carbocycles. The SMILES string of the molecule is O=C(O)CCS.O=C(O)CCS.OCCOc1ccc(C2(c3ccc(OCCO)cc3)c3ccccc3-c3ccccc32)cc1. The minimum atomic E-state index is -0.787. The van der Waals surface area contributed by atoms with Gasteiger partial charge >= 0.3 is 11.9 Å². The first-order chi connectivity index (χ1) is 21.8. The van der Waals surface area contributed by atoms with Crippen LogP contribution in [0.25, 0.3) is 11.1 Å². The molecular formula is C35H38O8S2. The van der Waals surface area contributed by atoms with Crippen LogP contribution < -0.4 is 9.47 Å². The Hall–Kier alpha value is -3.96. The van der Waals surface area contributed by atoms with Gasteiger partial charge in [0, 0.05) is 11.5 Å². The molecule has 8 nitrogen and oxygen atoms in total. The van der Waals surface area contributed by atoms with Crippen LogP contribution in [0.2, 0.25) is 0 Å². The molecule has 0 aliphatic heterocycles. The van der Waals surface area contributed by atoms with E-state index < -0.39 is 17.4 Å². The molecule has 0 radical (unpaired) electrons. The van der Waals surface area contributed by atoms with E-state index in [4.69, 9.17) is 29.9 Å². The summed E-state index contributed by atoms with van der Waals surface area (Å²) >= 11 is 7.36. The first kappa shape index (κ1) is 35.5. The van der Waals surface area contributed by atoms with Crippen molar-refractivity contribution < 1.29 is 39.5 Å². The summed E-state index contributed by atoms with van der Waals surface area (Å²) in [4.78, 5) is 19.1. The Morgan fingerprint density at radius 3 is 1.22 bits per heavy atom. The van der Waals surface area contributed by atoms with Crippen molar-refractivity contribution in [3.8, 4) is 22.6 Å². The third-order valence-corrected chi connectivity index (χ3v) is 7.35. The van der Waals surface area contributed by atoms with Gasteiger partial charge in [0.2, 0.25) is 0 Å². The van der Waals surface area contributed by atoms with Crippen LogP contribution in [0.4, 0.5) is 0 Å². The van der Waals surface area contributed by atoms with E-state index in [1.807, 2.05) is 24.3 Å². The molecule has 4 N–H and O–H groups in total. The topological polar surface area (TPSA) is 134 Å². The Morgan fingerprint density at radius 1 is 0.578 bits per heavy atom. The number of ether oxygens (including phenoxy) is 2. The average molecular weight is 651 g/mol. The molecule has 0 heterocycles. The van der Waals surface area contributed by atoms with Gasteiger partial charge in [-0.2, -0.15) is 25.3 Å². The molecule has 0 unspecified atom stereocenters. The first-order valence-corrected chi connectivity index (χ1v) is 15.6. The molecule has 0 atom stereocenters. The predicted molar refractivity (Wildman–Crippen MR) is 181 cm³/mol. The molecule has 0 bridgehead atoms. The minimum absolute atomic E-state index is 0.0167. The Morgan fingerprint density at radius 2 is 0.933 bits per heavy atom. The number of benzene rings is 4. The predicted octanol–water partition coefficient (Wildman–Crippen LogP) is 5.57. The smallest absolute Gasteiger partial charge is 0.304 e. The van der Waals surface area contributed by atoms with E-state index in [1.165, 1.54) is 22.3 Å². The van der Waals surface area contributed by atoms with Crippen molar-refractivity contribution in [1.82, 2.24) is 0 Å². The lowest BCUT2D eigenvalue weighted by molar-refractivity contribution is -0.137. The molecule has 0 aromatic heterocycles. The van der Waals surface area contributed by atoms with Crippen molar-refractivity contribution >= 4 is 37.2 Å². The molecule has 45 heavy (non-hydrogen) atoms. The number of thiol groups is 2. The van der Waals surface area contributed by atoms with Gasteiger partial charge in [0.1, 0.15) is 24.7 Å². The van der Waals surface area contributed by atoms with E-state index in [1.54, 1.807) is 0 Å². The summed E-state index contributed by atoms with van der Waals surface area (Å²) in [5.41, 5.74) is 6.72. The van der Waals surface area contributed by atoms with Crippen LogP contribution in [-0.2, 0) is 15.0 Å².